The number of hydrogen-bond acceptors (Lipinski definition) is 4. The molecular formula is C18H23N3OS. The van der Waals surface area contributed by atoms with E-state index >= 15 is 0 Å². The second kappa shape index (κ2) is 7.42. The zero-order chi connectivity index (χ0) is 16.9. The van der Waals surface area contributed by atoms with Gasteiger partial charge in [-0.1, -0.05) is 39.0 Å². The van der Waals surface area contributed by atoms with Crippen LogP contribution in [0.3, 0.4) is 0 Å². The fourth-order valence-corrected chi connectivity index (χ4v) is 2.82. The lowest BCUT2D eigenvalue weighted by Crippen LogP contribution is -2.19. The molecule has 122 valence electrons. The molecule has 1 amide bonds. The summed E-state index contributed by atoms with van der Waals surface area (Å²) in [7, 11) is 0. The molecular weight excluding hydrogens is 306 g/mol. The Morgan fingerprint density at radius 2 is 2.17 bits per heavy atom. The van der Waals surface area contributed by atoms with Crippen LogP contribution < -0.4 is 10.6 Å². The summed E-state index contributed by atoms with van der Waals surface area (Å²) in [6.07, 6.45) is 2.29. The van der Waals surface area contributed by atoms with E-state index < -0.39 is 0 Å². The first-order valence-electron chi connectivity index (χ1n) is 7.58. The van der Waals surface area contributed by atoms with Crippen LogP contribution in [0, 0.1) is 5.41 Å². The monoisotopic (exact) mass is 329 g/mol. The van der Waals surface area contributed by atoms with Gasteiger partial charge in [0.15, 0.2) is 5.13 Å². The predicted octanol–water partition coefficient (Wildman–Crippen LogP) is 4.78. The lowest BCUT2D eigenvalue weighted by molar-refractivity contribution is -0.117. The van der Waals surface area contributed by atoms with Gasteiger partial charge in [-0.25, -0.2) is 4.98 Å². The van der Waals surface area contributed by atoms with Gasteiger partial charge in [-0.05, 0) is 17.5 Å². The van der Waals surface area contributed by atoms with Gasteiger partial charge in [-0.15, -0.1) is 17.9 Å². The van der Waals surface area contributed by atoms with Crippen LogP contribution in [0.5, 0.6) is 0 Å². The molecule has 0 aliphatic heterocycles. The average molecular weight is 329 g/mol. The highest BCUT2D eigenvalue weighted by Crippen LogP contribution is 2.27. The number of hydrogen-bond donors (Lipinski definition) is 2. The highest BCUT2D eigenvalue weighted by molar-refractivity contribution is 7.14. The second-order valence-electron chi connectivity index (χ2n) is 6.57. The number of amides is 1. The number of aromatic nitrogens is 1. The van der Waals surface area contributed by atoms with E-state index in [0.29, 0.717) is 13.0 Å². The van der Waals surface area contributed by atoms with E-state index in [1.807, 2.05) is 29.6 Å². The molecule has 0 atom stereocenters. The standard InChI is InChI=1S/C18H23N3OS/c1-5-9-19-17-21-15(12-23-17)13-7-6-8-14(10-13)20-16(22)11-18(2,3)4/h5-8,10,12H,1,9,11H2,2-4H3,(H,19,21)(H,20,22). The van der Waals surface area contributed by atoms with Crippen molar-refractivity contribution in [2.24, 2.45) is 5.41 Å². The van der Waals surface area contributed by atoms with Crippen LogP contribution in [0.25, 0.3) is 11.3 Å². The molecule has 2 rings (SSSR count). The quantitative estimate of drug-likeness (QED) is 0.750. The van der Waals surface area contributed by atoms with Crippen molar-refractivity contribution in [3.05, 3.63) is 42.3 Å². The number of thiazole rings is 1. The summed E-state index contributed by atoms with van der Waals surface area (Å²) in [6.45, 7) is 10.5. The van der Waals surface area contributed by atoms with Gasteiger partial charge in [0, 0.05) is 29.6 Å². The number of benzene rings is 1. The highest BCUT2D eigenvalue weighted by Gasteiger charge is 2.16. The molecule has 0 saturated heterocycles. The molecule has 2 N–H and O–H groups in total. The van der Waals surface area contributed by atoms with Crippen LogP contribution in [-0.4, -0.2) is 17.4 Å². The summed E-state index contributed by atoms with van der Waals surface area (Å²) in [5.74, 6) is 0.0290. The topological polar surface area (TPSA) is 54.0 Å². The largest absolute Gasteiger partial charge is 0.358 e. The van der Waals surface area contributed by atoms with Crippen molar-refractivity contribution in [3.63, 3.8) is 0 Å². The van der Waals surface area contributed by atoms with E-state index in [4.69, 9.17) is 0 Å². The Morgan fingerprint density at radius 3 is 2.87 bits per heavy atom. The Morgan fingerprint density at radius 1 is 1.39 bits per heavy atom. The number of nitrogens with zero attached hydrogens (tertiary/aromatic N) is 1. The number of anilines is 2. The van der Waals surface area contributed by atoms with Gasteiger partial charge in [0.25, 0.3) is 0 Å². The van der Waals surface area contributed by atoms with Crippen molar-refractivity contribution in [1.82, 2.24) is 4.98 Å². The molecule has 0 fully saturated rings. The smallest absolute Gasteiger partial charge is 0.224 e. The first-order chi connectivity index (χ1) is 10.9. The van der Waals surface area contributed by atoms with E-state index in [1.54, 1.807) is 17.4 Å². The van der Waals surface area contributed by atoms with E-state index in [9.17, 15) is 4.79 Å². The van der Waals surface area contributed by atoms with Gasteiger partial charge < -0.3 is 10.6 Å². The van der Waals surface area contributed by atoms with Crippen molar-refractivity contribution >= 4 is 28.1 Å². The Labute approximate surface area is 141 Å². The molecule has 0 radical (unpaired) electrons. The molecule has 0 unspecified atom stereocenters. The van der Waals surface area contributed by atoms with Crippen molar-refractivity contribution in [3.8, 4) is 11.3 Å². The summed E-state index contributed by atoms with van der Waals surface area (Å²) in [5, 5.41) is 9.00. The molecule has 0 bridgehead atoms. The van der Waals surface area contributed by atoms with Crippen LogP contribution in [0.4, 0.5) is 10.8 Å². The summed E-state index contributed by atoms with van der Waals surface area (Å²) in [5.41, 5.74) is 2.66. The fourth-order valence-electron chi connectivity index (χ4n) is 2.09. The summed E-state index contributed by atoms with van der Waals surface area (Å²) < 4.78 is 0. The summed E-state index contributed by atoms with van der Waals surface area (Å²) >= 11 is 1.55. The minimum atomic E-state index is -0.0255. The normalized spacial score (nSPS) is 11.1. The number of carbonyl (C=O) groups is 1. The number of carbonyl (C=O) groups excluding carboxylic acids is 1. The first-order valence-corrected chi connectivity index (χ1v) is 8.46. The predicted molar refractivity (Wildman–Crippen MR) is 98.9 cm³/mol. The Balaban J connectivity index is 2.09. The van der Waals surface area contributed by atoms with Crippen molar-refractivity contribution < 1.29 is 4.79 Å². The van der Waals surface area contributed by atoms with Crippen molar-refractivity contribution in [1.29, 1.82) is 0 Å². The van der Waals surface area contributed by atoms with Crippen LogP contribution in [0.1, 0.15) is 27.2 Å². The lowest BCUT2D eigenvalue weighted by atomic mass is 9.92. The van der Waals surface area contributed by atoms with Crippen LogP contribution in [-0.2, 0) is 4.79 Å². The Bertz CT molecular complexity index is 686. The average Bonchev–Trinajstić information content (AvgIpc) is 2.92. The van der Waals surface area contributed by atoms with Gasteiger partial charge in [0.2, 0.25) is 5.91 Å². The van der Waals surface area contributed by atoms with Crippen molar-refractivity contribution in [2.45, 2.75) is 27.2 Å². The third-order valence-corrected chi connectivity index (χ3v) is 3.83. The lowest BCUT2D eigenvalue weighted by Gasteiger charge is -2.17. The first kappa shape index (κ1) is 17.2. The molecule has 1 heterocycles. The zero-order valence-corrected chi connectivity index (χ0v) is 14.7. The molecule has 4 nitrogen and oxygen atoms in total. The van der Waals surface area contributed by atoms with Gasteiger partial charge in [-0.3, -0.25) is 4.79 Å². The molecule has 0 aliphatic carbocycles. The third-order valence-electron chi connectivity index (χ3n) is 3.03. The van der Waals surface area contributed by atoms with Crippen molar-refractivity contribution in [2.75, 3.05) is 17.2 Å². The van der Waals surface area contributed by atoms with Gasteiger partial charge in [0.1, 0.15) is 0 Å². The molecule has 1 aromatic carbocycles. The minimum Gasteiger partial charge on any atom is -0.358 e. The SMILES string of the molecule is C=CCNc1nc(-c2cccc(NC(=O)CC(C)(C)C)c2)cs1. The molecule has 0 aliphatic rings. The molecule has 0 spiro atoms. The van der Waals surface area contributed by atoms with Crippen LogP contribution in [0.15, 0.2) is 42.3 Å². The second-order valence-corrected chi connectivity index (χ2v) is 7.43. The summed E-state index contributed by atoms with van der Waals surface area (Å²) in [6, 6.07) is 7.77. The van der Waals surface area contributed by atoms with Gasteiger partial charge in [0.05, 0.1) is 5.69 Å². The number of nitrogens with one attached hydrogen (secondary N) is 2. The van der Waals surface area contributed by atoms with E-state index in [0.717, 1.165) is 22.1 Å². The molecule has 5 heteroatoms. The molecule has 23 heavy (non-hydrogen) atoms. The van der Waals surface area contributed by atoms with Gasteiger partial charge in [-0.2, -0.15) is 0 Å². The number of rotatable bonds is 6. The molecule has 1 aromatic heterocycles. The Kier molecular flexibility index (Phi) is 5.55. The Hall–Kier alpha value is -2.14. The van der Waals surface area contributed by atoms with E-state index in [-0.39, 0.29) is 11.3 Å². The highest BCUT2D eigenvalue weighted by atomic mass is 32.1. The van der Waals surface area contributed by atoms with Gasteiger partial charge >= 0.3 is 0 Å². The maximum absolute atomic E-state index is 12.1. The third kappa shape index (κ3) is 5.53. The van der Waals surface area contributed by atoms with E-state index in [2.05, 4.69) is 43.0 Å². The zero-order valence-electron chi connectivity index (χ0n) is 13.8. The van der Waals surface area contributed by atoms with E-state index in [1.165, 1.54) is 0 Å². The van der Waals surface area contributed by atoms with Crippen LogP contribution >= 0.6 is 11.3 Å². The fraction of sp³-hybridized carbons (Fsp3) is 0.333. The molecule has 0 saturated carbocycles. The maximum Gasteiger partial charge on any atom is 0.224 e. The minimum absolute atomic E-state index is 0.0255. The summed E-state index contributed by atoms with van der Waals surface area (Å²) in [4.78, 5) is 16.6. The molecule has 2 aromatic rings. The maximum atomic E-state index is 12.1. The van der Waals surface area contributed by atoms with Crippen LogP contribution in [0.2, 0.25) is 0 Å².